The van der Waals surface area contributed by atoms with Crippen LogP contribution >= 0.6 is 34.8 Å². The average molecular weight is 296 g/mol. The summed E-state index contributed by atoms with van der Waals surface area (Å²) < 4.78 is 0. The quantitative estimate of drug-likeness (QED) is 0.851. The lowest BCUT2D eigenvalue weighted by Crippen LogP contribution is -2.37. The number of hydrogen-bond donors (Lipinski definition) is 1. The molecule has 1 N–H and O–H groups in total. The number of halogens is 3. The second-order valence-electron chi connectivity index (χ2n) is 4.20. The van der Waals surface area contributed by atoms with Gasteiger partial charge < -0.3 is 10.0 Å². The van der Waals surface area contributed by atoms with Crippen LogP contribution in [0, 0.1) is 5.92 Å². The fraction of sp³-hybridized carbons (Fsp3) is 0.545. The predicted octanol–water partition coefficient (Wildman–Crippen LogP) is 3.25. The van der Waals surface area contributed by atoms with E-state index < -0.39 is 0 Å². The van der Waals surface area contributed by atoms with Crippen LogP contribution in [0.4, 0.5) is 5.82 Å². The monoisotopic (exact) mass is 294 g/mol. The Balaban J connectivity index is 2.24. The van der Waals surface area contributed by atoms with Crippen molar-refractivity contribution in [2.45, 2.75) is 12.8 Å². The first-order valence-electron chi connectivity index (χ1n) is 5.49. The highest BCUT2D eigenvalue weighted by atomic mass is 35.5. The third kappa shape index (κ3) is 2.97. The van der Waals surface area contributed by atoms with E-state index in [1.54, 1.807) is 6.07 Å². The summed E-state index contributed by atoms with van der Waals surface area (Å²) >= 11 is 17.9. The molecule has 2 rings (SSSR count). The van der Waals surface area contributed by atoms with Gasteiger partial charge in [-0.1, -0.05) is 34.8 Å². The number of anilines is 1. The second kappa shape index (κ2) is 5.61. The molecule has 0 aromatic carbocycles. The molecular weight excluding hydrogens is 282 g/mol. The zero-order chi connectivity index (χ0) is 12.4. The lowest BCUT2D eigenvalue weighted by atomic mass is 9.99. The third-order valence-corrected chi connectivity index (χ3v) is 3.90. The Kier molecular flexibility index (Phi) is 4.36. The van der Waals surface area contributed by atoms with Gasteiger partial charge in [0.05, 0.1) is 10.0 Å². The van der Waals surface area contributed by atoms with E-state index in [2.05, 4.69) is 9.88 Å². The van der Waals surface area contributed by atoms with Crippen LogP contribution < -0.4 is 4.90 Å². The molecule has 1 atom stereocenters. The molecule has 0 aliphatic carbocycles. The van der Waals surface area contributed by atoms with Gasteiger partial charge in [-0.3, -0.25) is 0 Å². The number of aliphatic hydroxyl groups is 1. The maximum absolute atomic E-state index is 9.20. The van der Waals surface area contributed by atoms with Crippen molar-refractivity contribution in [2.24, 2.45) is 5.92 Å². The van der Waals surface area contributed by atoms with Crippen LogP contribution in [-0.4, -0.2) is 29.8 Å². The molecule has 17 heavy (non-hydrogen) atoms. The average Bonchev–Trinajstić information content (AvgIpc) is 2.34. The number of piperidine rings is 1. The molecule has 1 aliphatic heterocycles. The van der Waals surface area contributed by atoms with Gasteiger partial charge in [0.15, 0.2) is 0 Å². The number of aromatic nitrogens is 1. The molecule has 0 spiro atoms. The maximum atomic E-state index is 9.20. The molecule has 1 aromatic rings. The Morgan fingerprint density at radius 1 is 1.35 bits per heavy atom. The standard InChI is InChI=1S/C11H13Cl3N2O/c12-8-4-9(13)11(15-10(8)14)16-3-1-2-7(5-16)6-17/h4,7,17H,1-3,5-6H2. The van der Waals surface area contributed by atoms with E-state index in [9.17, 15) is 5.11 Å². The lowest BCUT2D eigenvalue weighted by molar-refractivity contribution is 0.208. The molecule has 3 nitrogen and oxygen atoms in total. The Labute approximate surface area is 115 Å². The minimum absolute atomic E-state index is 0.190. The van der Waals surface area contributed by atoms with E-state index >= 15 is 0 Å². The Morgan fingerprint density at radius 3 is 2.82 bits per heavy atom. The second-order valence-corrected chi connectivity index (χ2v) is 5.38. The number of aliphatic hydroxyl groups excluding tert-OH is 1. The summed E-state index contributed by atoms with van der Waals surface area (Å²) in [6, 6.07) is 1.61. The van der Waals surface area contributed by atoms with E-state index in [1.807, 2.05) is 0 Å². The van der Waals surface area contributed by atoms with Gasteiger partial charge in [-0.15, -0.1) is 0 Å². The Hall–Kier alpha value is -0.220. The molecule has 6 heteroatoms. The molecule has 1 unspecified atom stereocenters. The van der Waals surface area contributed by atoms with Gasteiger partial charge in [-0.05, 0) is 24.8 Å². The van der Waals surface area contributed by atoms with E-state index in [4.69, 9.17) is 34.8 Å². The van der Waals surface area contributed by atoms with Crippen LogP contribution in [0.1, 0.15) is 12.8 Å². The van der Waals surface area contributed by atoms with Crippen molar-refractivity contribution in [1.29, 1.82) is 0 Å². The normalized spacial score (nSPS) is 20.7. The molecule has 0 bridgehead atoms. The van der Waals surface area contributed by atoms with E-state index in [1.165, 1.54) is 0 Å². The van der Waals surface area contributed by atoms with E-state index in [0.717, 1.165) is 25.9 Å². The van der Waals surface area contributed by atoms with Crippen LogP contribution in [0.3, 0.4) is 0 Å². The minimum atomic E-state index is 0.190. The molecule has 2 heterocycles. The summed E-state index contributed by atoms with van der Waals surface area (Å²) in [5, 5.41) is 10.3. The summed E-state index contributed by atoms with van der Waals surface area (Å²) in [5.41, 5.74) is 0. The van der Waals surface area contributed by atoms with E-state index in [0.29, 0.717) is 15.9 Å². The van der Waals surface area contributed by atoms with Crippen molar-refractivity contribution < 1.29 is 5.11 Å². The lowest BCUT2D eigenvalue weighted by Gasteiger charge is -2.33. The van der Waals surface area contributed by atoms with Crippen molar-refractivity contribution in [3.8, 4) is 0 Å². The molecule has 0 radical (unpaired) electrons. The number of pyridine rings is 1. The highest BCUT2D eigenvalue weighted by molar-refractivity contribution is 6.42. The van der Waals surface area contributed by atoms with Crippen molar-refractivity contribution in [2.75, 3.05) is 24.6 Å². The molecule has 1 aliphatic rings. The number of rotatable bonds is 2. The fourth-order valence-electron chi connectivity index (χ4n) is 2.06. The fourth-order valence-corrected chi connectivity index (χ4v) is 2.68. The van der Waals surface area contributed by atoms with Crippen LogP contribution in [0.25, 0.3) is 0 Å². The van der Waals surface area contributed by atoms with Crippen LogP contribution in [0.2, 0.25) is 15.2 Å². The van der Waals surface area contributed by atoms with Crippen molar-refractivity contribution >= 4 is 40.6 Å². The van der Waals surface area contributed by atoms with Gasteiger partial charge in [0, 0.05) is 19.7 Å². The molecular formula is C11H13Cl3N2O. The van der Waals surface area contributed by atoms with Gasteiger partial charge in [0.25, 0.3) is 0 Å². The van der Waals surface area contributed by atoms with Gasteiger partial charge in [-0.2, -0.15) is 0 Å². The first kappa shape index (κ1) is 13.2. The molecule has 1 aromatic heterocycles. The minimum Gasteiger partial charge on any atom is -0.396 e. The van der Waals surface area contributed by atoms with Gasteiger partial charge in [0.2, 0.25) is 0 Å². The first-order chi connectivity index (χ1) is 8.11. The summed E-state index contributed by atoms with van der Waals surface area (Å²) in [6.45, 7) is 1.82. The first-order valence-corrected chi connectivity index (χ1v) is 6.62. The van der Waals surface area contributed by atoms with Gasteiger partial charge >= 0.3 is 0 Å². The van der Waals surface area contributed by atoms with Gasteiger partial charge in [0.1, 0.15) is 11.0 Å². The summed E-state index contributed by atoms with van der Waals surface area (Å²) in [7, 11) is 0. The number of nitrogens with zero attached hydrogens (tertiary/aromatic N) is 2. The topological polar surface area (TPSA) is 36.4 Å². The third-order valence-electron chi connectivity index (χ3n) is 2.94. The molecule has 1 fully saturated rings. The predicted molar refractivity (Wildman–Crippen MR) is 71.3 cm³/mol. The van der Waals surface area contributed by atoms with Crippen molar-refractivity contribution in [3.63, 3.8) is 0 Å². The molecule has 0 saturated carbocycles. The Morgan fingerprint density at radius 2 is 2.12 bits per heavy atom. The zero-order valence-electron chi connectivity index (χ0n) is 9.17. The number of hydrogen-bond acceptors (Lipinski definition) is 3. The van der Waals surface area contributed by atoms with Crippen molar-refractivity contribution in [3.05, 3.63) is 21.3 Å². The largest absolute Gasteiger partial charge is 0.396 e. The summed E-state index contributed by atoms with van der Waals surface area (Å²) in [4.78, 5) is 6.26. The van der Waals surface area contributed by atoms with E-state index in [-0.39, 0.29) is 17.7 Å². The van der Waals surface area contributed by atoms with Crippen molar-refractivity contribution in [1.82, 2.24) is 4.98 Å². The van der Waals surface area contributed by atoms with Crippen LogP contribution in [0.15, 0.2) is 6.07 Å². The SMILES string of the molecule is OCC1CCCN(c2nc(Cl)c(Cl)cc2Cl)C1. The molecule has 94 valence electrons. The smallest absolute Gasteiger partial charge is 0.150 e. The molecule has 1 saturated heterocycles. The highest BCUT2D eigenvalue weighted by Crippen LogP contribution is 2.33. The summed E-state index contributed by atoms with van der Waals surface area (Å²) in [6.07, 6.45) is 2.05. The molecule has 0 amide bonds. The van der Waals surface area contributed by atoms with Crippen LogP contribution in [0.5, 0.6) is 0 Å². The Bertz CT molecular complexity index is 414. The van der Waals surface area contributed by atoms with Crippen LogP contribution in [-0.2, 0) is 0 Å². The maximum Gasteiger partial charge on any atom is 0.150 e. The zero-order valence-corrected chi connectivity index (χ0v) is 11.4. The van der Waals surface area contributed by atoms with Gasteiger partial charge in [-0.25, -0.2) is 4.98 Å². The highest BCUT2D eigenvalue weighted by Gasteiger charge is 2.22. The summed E-state index contributed by atoms with van der Waals surface area (Å²) in [5.74, 6) is 0.926.